The van der Waals surface area contributed by atoms with E-state index in [0.717, 1.165) is 36.5 Å². The van der Waals surface area contributed by atoms with E-state index < -0.39 is 0 Å². The Hall–Kier alpha value is -2.17. The molecule has 0 saturated carbocycles. The third-order valence-electron chi connectivity index (χ3n) is 2.98. The van der Waals surface area contributed by atoms with Gasteiger partial charge in [0.25, 0.3) is 0 Å². The van der Waals surface area contributed by atoms with E-state index in [4.69, 9.17) is 0 Å². The maximum absolute atomic E-state index is 4.59. The maximum Gasteiger partial charge on any atom is 0.224 e. The van der Waals surface area contributed by atoms with Gasteiger partial charge in [-0.05, 0) is 25.0 Å². The van der Waals surface area contributed by atoms with Crippen molar-refractivity contribution in [2.75, 3.05) is 23.8 Å². The Bertz CT molecular complexity index is 541. The van der Waals surface area contributed by atoms with Crippen LogP contribution < -0.4 is 10.2 Å². The van der Waals surface area contributed by atoms with Gasteiger partial charge in [-0.3, -0.25) is 4.98 Å². The monoisotopic (exact) mass is 271 g/mol. The molecule has 0 aliphatic rings. The number of hydrogen-bond acceptors (Lipinski definition) is 5. The fourth-order valence-electron chi connectivity index (χ4n) is 1.98. The van der Waals surface area contributed by atoms with Crippen LogP contribution in [0.1, 0.15) is 24.5 Å². The van der Waals surface area contributed by atoms with Crippen LogP contribution in [0.2, 0.25) is 0 Å². The molecule has 106 valence electrons. The van der Waals surface area contributed by atoms with Gasteiger partial charge in [-0.1, -0.05) is 13.0 Å². The van der Waals surface area contributed by atoms with Gasteiger partial charge in [-0.15, -0.1) is 0 Å². The molecule has 2 aromatic heterocycles. The van der Waals surface area contributed by atoms with Crippen molar-refractivity contribution in [1.82, 2.24) is 15.0 Å². The highest BCUT2D eigenvalue weighted by molar-refractivity contribution is 5.48. The zero-order valence-electron chi connectivity index (χ0n) is 12.3. The highest BCUT2D eigenvalue weighted by atomic mass is 15.2. The lowest BCUT2D eigenvalue weighted by Gasteiger charge is -2.20. The van der Waals surface area contributed by atoms with Crippen molar-refractivity contribution in [2.45, 2.75) is 26.8 Å². The Kier molecular flexibility index (Phi) is 4.87. The molecule has 0 aliphatic heterocycles. The second-order valence-corrected chi connectivity index (χ2v) is 4.84. The number of aromatic nitrogens is 3. The number of nitrogens with zero attached hydrogens (tertiary/aromatic N) is 4. The van der Waals surface area contributed by atoms with Gasteiger partial charge < -0.3 is 10.2 Å². The third kappa shape index (κ3) is 3.66. The van der Waals surface area contributed by atoms with Crippen LogP contribution in [0.3, 0.4) is 0 Å². The van der Waals surface area contributed by atoms with Gasteiger partial charge in [0.05, 0.1) is 0 Å². The smallest absolute Gasteiger partial charge is 0.224 e. The first-order valence-corrected chi connectivity index (χ1v) is 6.88. The summed E-state index contributed by atoms with van der Waals surface area (Å²) < 4.78 is 0. The van der Waals surface area contributed by atoms with Crippen molar-refractivity contribution in [2.24, 2.45) is 0 Å². The lowest BCUT2D eigenvalue weighted by molar-refractivity contribution is 0.871. The van der Waals surface area contributed by atoms with Gasteiger partial charge in [0, 0.05) is 44.3 Å². The van der Waals surface area contributed by atoms with E-state index in [9.17, 15) is 0 Å². The summed E-state index contributed by atoms with van der Waals surface area (Å²) >= 11 is 0. The van der Waals surface area contributed by atoms with Crippen LogP contribution >= 0.6 is 0 Å². The Balaban J connectivity index is 2.13. The molecule has 5 nitrogen and oxygen atoms in total. The molecule has 0 atom stereocenters. The number of aryl methyl sites for hydroxylation is 1. The Morgan fingerprint density at radius 2 is 2.15 bits per heavy atom. The number of pyridine rings is 1. The van der Waals surface area contributed by atoms with Crippen molar-refractivity contribution in [1.29, 1.82) is 0 Å². The number of nitrogens with one attached hydrogen (secondary N) is 1. The molecule has 0 aliphatic carbocycles. The molecule has 0 aromatic carbocycles. The van der Waals surface area contributed by atoms with E-state index in [1.807, 2.05) is 32.4 Å². The molecule has 0 unspecified atom stereocenters. The summed E-state index contributed by atoms with van der Waals surface area (Å²) in [5.74, 6) is 1.63. The van der Waals surface area contributed by atoms with Crippen LogP contribution in [0.5, 0.6) is 0 Å². The van der Waals surface area contributed by atoms with Gasteiger partial charge >= 0.3 is 0 Å². The molecule has 1 N–H and O–H groups in total. The van der Waals surface area contributed by atoms with Crippen molar-refractivity contribution >= 4 is 11.8 Å². The molecule has 20 heavy (non-hydrogen) atoms. The molecule has 0 saturated heterocycles. The first kappa shape index (κ1) is 14.2. The third-order valence-corrected chi connectivity index (χ3v) is 2.98. The van der Waals surface area contributed by atoms with E-state index in [-0.39, 0.29) is 0 Å². The Morgan fingerprint density at radius 1 is 1.30 bits per heavy atom. The minimum Gasteiger partial charge on any atom is -0.355 e. The highest BCUT2D eigenvalue weighted by Crippen LogP contribution is 2.18. The van der Waals surface area contributed by atoms with Gasteiger partial charge in [0.15, 0.2) is 0 Å². The minimum absolute atomic E-state index is 0.686. The van der Waals surface area contributed by atoms with Crippen LogP contribution in [-0.4, -0.2) is 28.5 Å². The van der Waals surface area contributed by atoms with Crippen LogP contribution in [-0.2, 0) is 6.54 Å². The zero-order chi connectivity index (χ0) is 14.4. The SMILES string of the molecule is CCCNc1ncc(C)c(N(C)Cc2cccnc2)n1. The predicted octanol–water partition coefficient (Wildman–Crippen LogP) is 2.64. The number of anilines is 2. The minimum atomic E-state index is 0.686. The van der Waals surface area contributed by atoms with E-state index in [0.29, 0.717) is 5.95 Å². The van der Waals surface area contributed by atoms with Crippen molar-refractivity contribution < 1.29 is 0 Å². The maximum atomic E-state index is 4.59. The summed E-state index contributed by atoms with van der Waals surface area (Å²) in [5.41, 5.74) is 2.23. The molecule has 0 bridgehead atoms. The van der Waals surface area contributed by atoms with Crippen LogP contribution in [0.15, 0.2) is 30.7 Å². The van der Waals surface area contributed by atoms with Gasteiger partial charge in [-0.2, -0.15) is 4.98 Å². The lowest BCUT2D eigenvalue weighted by Crippen LogP contribution is -2.20. The molecule has 0 fully saturated rings. The summed E-state index contributed by atoms with van der Waals surface area (Å²) in [4.78, 5) is 15.2. The topological polar surface area (TPSA) is 53.9 Å². The highest BCUT2D eigenvalue weighted by Gasteiger charge is 2.09. The van der Waals surface area contributed by atoms with Crippen LogP contribution in [0.4, 0.5) is 11.8 Å². The van der Waals surface area contributed by atoms with Crippen molar-refractivity contribution in [3.63, 3.8) is 0 Å². The summed E-state index contributed by atoms with van der Waals surface area (Å²) in [6, 6.07) is 4.01. The number of rotatable bonds is 6. The average Bonchev–Trinajstić information content (AvgIpc) is 2.47. The molecule has 2 heterocycles. The molecule has 2 rings (SSSR count). The zero-order valence-corrected chi connectivity index (χ0v) is 12.3. The summed E-state index contributed by atoms with van der Waals surface area (Å²) in [7, 11) is 2.03. The molecule has 2 aromatic rings. The predicted molar refractivity (Wildman–Crippen MR) is 81.9 cm³/mol. The van der Waals surface area contributed by atoms with Crippen LogP contribution in [0, 0.1) is 6.92 Å². The molecular weight excluding hydrogens is 250 g/mol. The van der Waals surface area contributed by atoms with E-state index in [2.05, 4.69) is 38.2 Å². The molecule has 0 spiro atoms. The van der Waals surface area contributed by atoms with Gasteiger partial charge in [-0.25, -0.2) is 4.98 Å². The Labute approximate surface area is 120 Å². The first-order valence-electron chi connectivity index (χ1n) is 6.88. The molecule has 0 amide bonds. The molecule has 0 radical (unpaired) electrons. The van der Waals surface area contributed by atoms with Crippen molar-refractivity contribution in [3.8, 4) is 0 Å². The van der Waals surface area contributed by atoms with E-state index >= 15 is 0 Å². The Morgan fingerprint density at radius 3 is 2.85 bits per heavy atom. The second-order valence-electron chi connectivity index (χ2n) is 4.84. The van der Waals surface area contributed by atoms with Crippen LogP contribution in [0.25, 0.3) is 0 Å². The fourth-order valence-corrected chi connectivity index (χ4v) is 1.98. The van der Waals surface area contributed by atoms with E-state index in [1.54, 1.807) is 6.20 Å². The summed E-state index contributed by atoms with van der Waals surface area (Å²) in [6.45, 7) is 5.81. The first-order chi connectivity index (χ1) is 9.70. The fraction of sp³-hybridized carbons (Fsp3) is 0.400. The number of hydrogen-bond donors (Lipinski definition) is 1. The largest absolute Gasteiger partial charge is 0.355 e. The normalized spacial score (nSPS) is 10.3. The standard InChI is InChI=1S/C15H21N5/c1-4-7-17-15-18-9-12(2)14(19-15)20(3)11-13-6-5-8-16-10-13/h5-6,8-10H,4,7,11H2,1-3H3,(H,17,18,19). The lowest BCUT2D eigenvalue weighted by atomic mass is 10.2. The van der Waals surface area contributed by atoms with E-state index in [1.165, 1.54) is 0 Å². The van der Waals surface area contributed by atoms with Crippen molar-refractivity contribution in [3.05, 3.63) is 41.9 Å². The summed E-state index contributed by atoms with van der Waals surface area (Å²) in [6.07, 6.45) is 6.58. The quantitative estimate of drug-likeness (QED) is 0.875. The van der Waals surface area contributed by atoms with Gasteiger partial charge in [0.2, 0.25) is 5.95 Å². The average molecular weight is 271 g/mol. The summed E-state index contributed by atoms with van der Waals surface area (Å²) in [5, 5.41) is 3.22. The van der Waals surface area contributed by atoms with Gasteiger partial charge in [0.1, 0.15) is 5.82 Å². The second kappa shape index (κ2) is 6.84. The molecule has 5 heteroatoms. The molecular formula is C15H21N5.